The van der Waals surface area contributed by atoms with Crippen LogP contribution >= 0.6 is 0 Å². The average Bonchev–Trinajstić information content (AvgIpc) is 2.69. The van der Waals surface area contributed by atoms with E-state index in [0.29, 0.717) is 6.42 Å². The van der Waals surface area contributed by atoms with E-state index in [-0.39, 0.29) is 42.3 Å². The molecule has 1 rings (SSSR count). The number of hydrogen-bond acceptors (Lipinski definition) is 4. The van der Waals surface area contributed by atoms with Gasteiger partial charge >= 0.3 is 0 Å². The first-order chi connectivity index (χ1) is 9.43. The molecule has 0 radical (unpaired) electrons. The van der Waals surface area contributed by atoms with Crippen molar-refractivity contribution >= 4 is 21.7 Å². The lowest BCUT2D eigenvalue weighted by molar-refractivity contribution is -0.121. The van der Waals surface area contributed by atoms with Gasteiger partial charge in [-0.15, -0.1) is 0 Å². The molecule has 0 bridgehead atoms. The summed E-state index contributed by atoms with van der Waals surface area (Å²) < 4.78 is 22.5. The van der Waals surface area contributed by atoms with E-state index >= 15 is 0 Å². The van der Waals surface area contributed by atoms with Gasteiger partial charge in [-0.2, -0.15) is 0 Å². The van der Waals surface area contributed by atoms with E-state index in [1.165, 1.54) is 6.08 Å². The normalized spacial score (nSPS) is 21.4. The smallest absolute Gasteiger partial charge is 0.243 e. The van der Waals surface area contributed by atoms with Crippen molar-refractivity contribution in [2.75, 3.05) is 18.1 Å². The second-order valence-electron chi connectivity index (χ2n) is 4.59. The number of nitrogens with one attached hydrogen (secondary N) is 2. The van der Waals surface area contributed by atoms with Crippen LogP contribution in [0.2, 0.25) is 0 Å². The van der Waals surface area contributed by atoms with Gasteiger partial charge in [-0.1, -0.05) is 18.2 Å². The Morgan fingerprint density at radius 2 is 2.05 bits per heavy atom. The van der Waals surface area contributed by atoms with Crippen LogP contribution in [0.25, 0.3) is 0 Å². The lowest BCUT2D eigenvalue weighted by atomic mass is 10.2. The number of carbonyl (C=O) groups excluding carboxylic acids is 2. The van der Waals surface area contributed by atoms with E-state index in [9.17, 15) is 18.0 Å². The third kappa shape index (κ3) is 6.51. The van der Waals surface area contributed by atoms with Crippen molar-refractivity contribution in [2.24, 2.45) is 0 Å². The van der Waals surface area contributed by atoms with Gasteiger partial charge in [0.05, 0.1) is 11.5 Å². The van der Waals surface area contributed by atoms with Gasteiger partial charge in [0.2, 0.25) is 11.8 Å². The highest BCUT2D eigenvalue weighted by Gasteiger charge is 2.28. The number of amides is 2. The summed E-state index contributed by atoms with van der Waals surface area (Å²) in [7, 11) is -2.99. The van der Waals surface area contributed by atoms with E-state index in [1.807, 2.05) is 6.92 Å². The van der Waals surface area contributed by atoms with Crippen LogP contribution in [0.1, 0.15) is 19.8 Å². The van der Waals surface area contributed by atoms with Gasteiger partial charge in [0.15, 0.2) is 9.84 Å². The molecular weight excluding hydrogens is 280 g/mol. The molecule has 1 heterocycles. The van der Waals surface area contributed by atoms with Crippen LogP contribution in [0.5, 0.6) is 0 Å². The van der Waals surface area contributed by atoms with Crippen LogP contribution in [0, 0.1) is 0 Å². The number of carbonyl (C=O) groups is 2. The molecular formula is C13H20N2O4S. The minimum atomic E-state index is -2.99. The van der Waals surface area contributed by atoms with Gasteiger partial charge in [-0.05, 0) is 13.3 Å². The molecule has 7 heteroatoms. The van der Waals surface area contributed by atoms with E-state index in [1.54, 1.807) is 18.2 Å². The monoisotopic (exact) mass is 300 g/mol. The summed E-state index contributed by atoms with van der Waals surface area (Å²) in [5.74, 6) is -0.370. The molecule has 2 N–H and O–H groups in total. The van der Waals surface area contributed by atoms with Crippen LogP contribution in [0.4, 0.5) is 0 Å². The number of rotatable bonds is 6. The zero-order valence-electron chi connectivity index (χ0n) is 11.5. The fourth-order valence-corrected chi connectivity index (χ4v) is 3.49. The van der Waals surface area contributed by atoms with Crippen molar-refractivity contribution in [3.63, 3.8) is 0 Å². The van der Waals surface area contributed by atoms with Crippen molar-refractivity contribution in [1.29, 1.82) is 0 Å². The van der Waals surface area contributed by atoms with Crippen LogP contribution in [0.3, 0.4) is 0 Å². The molecule has 20 heavy (non-hydrogen) atoms. The molecule has 2 amide bonds. The Labute approximate surface area is 119 Å². The van der Waals surface area contributed by atoms with E-state index in [0.717, 1.165) is 0 Å². The number of allylic oxidation sites excluding steroid dienone is 3. The van der Waals surface area contributed by atoms with Gasteiger partial charge in [-0.25, -0.2) is 8.42 Å². The maximum atomic E-state index is 11.6. The Kier molecular flexibility index (Phi) is 6.44. The lowest BCUT2D eigenvalue weighted by Gasteiger charge is -2.10. The summed E-state index contributed by atoms with van der Waals surface area (Å²) in [5, 5.41) is 5.24. The van der Waals surface area contributed by atoms with E-state index in [4.69, 9.17) is 0 Å². The number of sulfone groups is 1. The minimum absolute atomic E-state index is 0.0111. The third-order valence-corrected chi connectivity index (χ3v) is 4.57. The zero-order chi connectivity index (χ0) is 15.0. The summed E-state index contributed by atoms with van der Waals surface area (Å²) in [6, 6.07) is -0.294. The molecule has 0 spiro atoms. The zero-order valence-corrected chi connectivity index (χ0v) is 12.3. The molecule has 0 aromatic heterocycles. The molecule has 0 aromatic carbocycles. The van der Waals surface area contributed by atoms with Gasteiger partial charge in [0.25, 0.3) is 0 Å². The number of hydrogen-bond donors (Lipinski definition) is 2. The van der Waals surface area contributed by atoms with Crippen molar-refractivity contribution in [3.8, 4) is 0 Å². The summed E-state index contributed by atoms with van der Waals surface area (Å²) >= 11 is 0. The Morgan fingerprint density at radius 1 is 1.30 bits per heavy atom. The predicted octanol–water partition coefficient (Wildman–Crippen LogP) is -0.0717. The van der Waals surface area contributed by atoms with Crippen molar-refractivity contribution < 1.29 is 18.0 Å². The topological polar surface area (TPSA) is 92.3 Å². The van der Waals surface area contributed by atoms with Gasteiger partial charge < -0.3 is 10.6 Å². The average molecular weight is 300 g/mol. The summed E-state index contributed by atoms with van der Waals surface area (Å²) in [6.45, 7) is 2.07. The van der Waals surface area contributed by atoms with Crippen LogP contribution < -0.4 is 10.6 Å². The molecule has 6 nitrogen and oxygen atoms in total. The second kappa shape index (κ2) is 7.84. The fourth-order valence-electron chi connectivity index (χ4n) is 1.82. The molecule has 0 unspecified atom stereocenters. The molecule has 0 aliphatic carbocycles. The Balaban J connectivity index is 2.19. The van der Waals surface area contributed by atoms with E-state index in [2.05, 4.69) is 10.6 Å². The maximum absolute atomic E-state index is 11.6. The van der Waals surface area contributed by atoms with Crippen molar-refractivity contribution in [2.45, 2.75) is 25.8 Å². The molecule has 1 atom stereocenters. The fraction of sp³-hybridized carbons (Fsp3) is 0.538. The SMILES string of the molecule is C/C=C/C=C/C(=O)NCCC(=O)N[C@@H]1CCS(=O)(=O)C1. The quantitative estimate of drug-likeness (QED) is 0.530. The van der Waals surface area contributed by atoms with Crippen LogP contribution in [-0.4, -0.2) is 44.3 Å². The summed E-state index contributed by atoms with van der Waals surface area (Å²) in [6.07, 6.45) is 7.12. The second-order valence-corrected chi connectivity index (χ2v) is 6.82. The Bertz CT molecular complexity index is 508. The summed E-state index contributed by atoms with van der Waals surface area (Å²) in [4.78, 5) is 22.9. The largest absolute Gasteiger partial charge is 0.352 e. The van der Waals surface area contributed by atoms with Gasteiger partial charge in [-0.3, -0.25) is 9.59 Å². The van der Waals surface area contributed by atoms with Crippen LogP contribution in [-0.2, 0) is 19.4 Å². The standard InChI is InChI=1S/C13H20N2O4S/c1-2-3-4-5-12(16)14-8-6-13(17)15-11-7-9-20(18,19)10-11/h2-5,11H,6-10H2,1H3,(H,14,16)(H,15,17)/b3-2+,5-4+/t11-/m1/s1. The van der Waals surface area contributed by atoms with E-state index < -0.39 is 9.84 Å². The first-order valence-electron chi connectivity index (χ1n) is 6.50. The van der Waals surface area contributed by atoms with Crippen LogP contribution in [0.15, 0.2) is 24.3 Å². The lowest BCUT2D eigenvalue weighted by Crippen LogP contribution is -2.37. The molecule has 1 saturated heterocycles. The molecule has 1 fully saturated rings. The molecule has 1 aliphatic heterocycles. The van der Waals surface area contributed by atoms with Crippen molar-refractivity contribution in [3.05, 3.63) is 24.3 Å². The third-order valence-electron chi connectivity index (χ3n) is 2.80. The molecule has 0 saturated carbocycles. The Morgan fingerprint density at radius 3 is 2.65 bits per heavy atom. The highest BCUT2D eigenvalue weighted by molar-refractivity contribution is 7.91. The molecule has 112 valence electrons. The van der Waals surface area contributed by atoms with Gasteiger partial charge in [0, 0.05) is 25.1 Å². The minimum Gasteiger partial charge on any atom is -0.352 e. The first-order valence-corrected chi connectivity index (χ1v) is 8.32. The highest BCUT2D eigenvalue weighted by atomic mass is 32.2. The Hall–Kier alpha value is -1.63. The van der Waals surface area contributed by atoms with Crippen molar-refractivity contribution in [1.82, 2.24) is 10.6 Å². The highest BCUT2D eigenvalue weighted by Crippen LogP contribution is 2.11. The first kappa shape index (κ1) is 16.4. The van der Waals surface area contributed by atoms with Gasteiger partial charge in [0.1, 0.15) is 0 Å². The molecule has 1 aliphatic rings. The summed E-state index contributed by atoms with van der Waals surface area (Å²) in [5.41, 5.74) is 0. The predicted molar refractivity (Wildman–Crippen MR) is 76.8 cm³/mol. The maximum Gasteiger partial charge on any atom is 0.243 e. The molecule has 0 aromatic rings.